The van der Waals surface area contributed by atoms with Crippen molar-refractivity contribution in [3.8, 4) is 0 Å². The zero-order chi connectivity index (χ0) is 34.6. The summed E-state index contributed by atoms with van der Waals surface area (Å²) in [5.41, 5.74) is -1.33. The van der Waals surface area contributed by atoms with Crippen LogP contribution in [-0.4, -0.2) is 82.8 Å². The summed E-state index contributed by atoms with van der Waals surface area (Å²) < 4.78 is 5.50. The molecule has 0 aromatic carbocycles. The Morgan fingerprint density at radius 1 is 0.935 bits per heavy atom. The molecule has 3 fully saturated rings. The van der Waals surface area contributed by atoms with Crippen LogP contribution in [-0.2, 0) is 28.7 Å². The second kappa shape index (κ2) is 14.7. The Bertz CT molecular complexity index is 1170. The summed E-state index contributed by atoms with van der Waals surface area (Å²) in [6.07, 6.45) is 4.67. The minimum atomic E-state index is -1.08. The Labute approximate surface area is 274 Å². The normalized spacial score (nSPS) is 23.8. The van der Waals surface area contributed by atoms with Gasteiger partial charge in [0.05, 0.1) is 6.04 Å². The summed E-state index contributed by atoms with van der Waals surface area (Å²) in [6, 6.07) is -2.75. The molecule has 3 aliphatic rings. The van der Waals surface area contributed by atoms with E-state index in [9.17, 15) is 28.8 Å². The number of piperidine rings is 1. The van der Waals surface area contributed by atoms with Crippen molar-refractivity contribution < 1.29 is 33.5 Å². The standard InChI is InChI=1S/C34H57N5O7/c1-10-14-22(27(41)29(43)35-18-17-23(40)38-32(2,3)4)36-28(42)26-24-21(34(24,8)9)19-39(26)30(44)25(20-15-12-11-13-16-20)37-31(45)46-33(5,6)7/h20-22,24-26H,10-19H2,1-9H3,(H,35,43)(H,36,42)(H,37,45)(H,38,40)/t21-,22?,24-,25?,26-/m0/s1. The van der Waals surface area contributed by atoms with E-state index in [-0.39, 0.29) is 54.4 Å². The highest BCUT2D eigenvalue weighted by Crippen LogP contribution is 2.65. The van der Waals surface area contributed by atoms with Gasteiger partial charge in [-0.3, -0.25) is 24.0 Å². The van der Waals surface area contributed by atoms with Crippen molar-refractivity contribution in [2.24, 2.45) is 23.2 Å². The third kappa shape index (κ3) is 9.67. The van der Waals surface area contributed by atoms with Crippen LogP contribution in [0.4, 0.5) is 4.79 Å². The molecule has 2 aliphatic carbocycles. The van der Waals surface area contributed by atoms with E-state index in [4.69, 9.17) is 4.74 Å². The lowest BCUT2D eigenvalue weighted by molar-refractivity contribution is -0.145. The van der Waals surface area contributed by atoms with Crippen molar-refractivity contribution >= 4 is 35.5 Å². The van der Waals surface area contributed by atoms with Crippen LogP contribution >= 0.6 is 0 Å². The molecule has 1 heterocycles. The number of hydrogen-bond acceptors (Lipinski definition) is 7. The van der Waals surface area contributed by atoms with Crippen LogP contribution in [0.1, 0.15) is 114 Å². The monoisotopic (exact) mass is 647 g/mol. The summed E-state index contributed by atoms with van der Waals surface area (Å²) >= 11 is 0. The lowest BCUT2D eigenvalue weighted by Gasteiger charge is -2.37. The number of alkyl carbamates (subject to hydrolysis) is 1. The highest BCUT2D eigenvalue weighted by Gasteiger charge is 2.69. The average molecular weight is 648 g/mol. The van der Waals surface area contributed by atoms with E-state index in [1.165, 1.54) is 0 Å². The number of fused-ring (bicyclic) bond motifs is 1. The van der Waals surface area contributed by atoms with Crippen LogP contribution in [0.5, 0.6) is 0 Å². The average Bonchev–Trinajstić information content (AvgIpc) is 3.25. The summed E-state index contributed by atoms with van der Waals surface area (Å²) in [6.45, 7) is 17.2. The summed E-state index contributed by atoms with van der Waals surface area (Å²) in [4.78, 5) is 80.8. The minimum Gasteiger partial charge on any atom is -0.444 e. The number of ketones is 1. The molecule has 3 rings (SSSR count). The van der Waals surface area contributed by atoms with E-state index >= 15 is 0 Å². The van der Waals surface area contributed by atoms with Crippen LogP contribution in [0, 0.1) is 23.2 Å². The Balaban J connectivity index is 1.75. The molecule has 46 heavy (non-hydrogen) atoms. The van der Waals surface area contributed by atoms with Gasteiger partial charge in [-0.05, 0) is 84.0 Å². The SMILES string of the molecule is CCCC(NC(=O)[C@@H]1[C@@H]2[C@H](CN1C(=O)C(NC(=O)OC(C)(C)C)C1CCCCC1)C2(C)C)C(=O)C(=O)NCCC(=O)NC(C)(C)C. The van der Waals surface area contributed by atoms with Crippen LogP contribution in [0.25, 0.3) is 0 Å². The minimum absolute atomic E-state index is 0.0118. The van der Waals surface area contributed by atoms with Crippen molar-refractivity contribution in [1.29, 1.82) is 0 Å². The Morgan fingerprint density at radius 2 is 1.57 bits per heavy atom. The van der Waals surface area contributed by atoms with Gasteiger partial charge in [0.25, 0.3) is 5.91 Å². The maximum Gasteiger partial charge on any atom is 0.408 e. The quantitative estimate of drug-likeness (QED) is 0.236. The molecule has 0 aromatic heterocycles. The number of nitrogens with one attached hydrogen (secondary N) is 4. The number of amides is 5. The van der Waals surface area contributed by atoms with Crippen LogP contribution < -0.4 is 21.3 Å². The summed E-state index contributed by atoms with van der Waals surface area (Å²) in [5, 5.41) is 11.0. The molecule has 1 aliphatic heterocycles. The second-order valence-electron chi connectivity index (χ2n) is 15.9. The zero-order valence-corrected chi connectivity index (χ0v) is 29.3. The molecule has 1 saturated heterocycles. The number of ether oxygens (including phenoxy) is 1. The predicted octanol–water partition coefficient (Wildman–Crippen LogP) is 3.22. The first-order valence-corrected chi connectivity index (χ1v) is 17.0. The van der Waals surface area contributed by atoms with E-state index in [0.29, 0.717) is 13.0 Å². The topological polar surface area (TPSA) is 163 Å². The molecule has 5 amide bonds. The van der Waals surface area contributed by atoms with Gasteiger partial charge in [0.2, 0.25) is 23.5 Å². The fourth-order valence-electron chi connectivity index (χ4n) is 7.11. The van der Waals surface area contributed by atoms with Gasteiger partial charge in [0.1, 0.15) is 17.7 Å². The van der Waals surface area contributed by atoms with E-state index in [0.717, 1.165) is 32.1 Å². The highest BCUT2D eigenvalue weighted by molar-refractivity contribution is 6.38. The maximum atomic E-state index is 14.3. The first-order valence-electron chi connectivity index (χ1n) is 17.0. The molecular weight excluding hydrogens is 590 g/mol. The van der Waals surface area contributed by atoms with Crippen LogP contribution in [0.2, 0.25) is 0 Å². The molecule has 0 spiro atoms. The second-order valence-corrected chi connectivity index (χ2v) is 15.9. The van der Waals surface area contributed by atoms with Gasteiger partial charge in [0, 0.05) is 25.0 Å². The van der Waals surface area contributed by atoms with Crippen molar-refractivity contribution in [1.82, 2.24) is 26.2 Å². The number of hydrogen-bond donors (Lipinski definition) is 4. The third-order valence-corrected chi connectivity index (χ3v) is 9.41. The van der Waals surface area contributed by atoms with Crippen molar-refractivity contribution in [3.63, 3.8) is 0 Å². The summed E-state index contributed by atoms with van der Waals surface area (Å²) in [7, 11) is 0. The molecule has 260 valence electrons. The zero-order valence-electron chi connectivity index (χ0n) is 29.3. The van der Waals surface area contributed by atoms with Gasteiger partial charge in [-0.25, -0.2) is 4.79 Å². The van der Waals surface area contributed by atoms with E-state index in [1.807, 2.05) is 27.7 Å². The predicted molar refractivity (Wildman–Crippen MR) is 173 cm³/mol. The lowest BCUT2D eigenvalue weighted by Crippen LogP contribution is -2.59. The fraction of sp³-hybridized carbons (Fsp3) is 0.824. The molecule has 5 atom stereocenters. The van der Waals surface area contributed by atoms with Gasteiger partial charge in [-0.1, -0.05) is 46.5 Å². The van der Waals surface area contributed by atoms with Gasteiger partial charge >= 0.3 is 6.09 Å². The largest absolute Gasteiger partial charge is 0.444 e. The van der Waals surface area contributed by atoms with E-state index < -0.39 is 53.0 Å². The number of carbonyl (C=O) groups is 6. The number of nitrogens with zero attached hydrogens (tertiary/aromatic N) is 1. The van der Waals surface area contributed by atoms with Gasteiger partial charge < -0.3 is 30.9 Å². The Hall–Kier alpha value is -3.18. The summed E-state index contributed by atoms with van der Waals surface area (Å²) in [5.74, 6) is -2.79. The molecule has 2 unspecified atom stereocenters. The molecular formula is C34H57N5O7. The third-order valence-electron chi connectivity index (χ3n) is 9.41. The molecule has 12 nitrogen and oxygen atoms in total. The Morgan fingerprint density at radius 3 is 2.13 bits per heavy atom. The van der Waals surface area contributed by atoms with Crippen molar-refractivity contribution in [2.75, 3.05) is 13.1 Å². The van der Waals surface area contributed by atoms with Crippen molar-refractivity contribution in [2.45, 2.75) is 143 Å². The number of likely N-dealkylation sites (tertiary alicyclic amines) is 1. The first-order chi connectivity index (χ1) is 21.3. The fourth-order valence-corrected chi connectivity index (χ4v) is 7.11. The number of rotatable bonds is 12. The molecule has 12 heteroatoms. The highest BCUT2D eigenvalue weighted by atomic mass is 16.6. The maximum absolute atomic E-state index is 14.3. The van der Waals surface area contributed by atoms with Crippen LogP contribution in [0.15, 0.2) is 0 Å². The number of Topliss-reactive ketones (excluding diaryl/α,β-unsaturated/α-hetero) is 1. The number of carbonyl (C=O) groups excluding carboxylic acids is 6. The van der Waals surface area contributed by atoms with Gasteiger partial charge in [0.15, 0.2) is 0 Å². The van der Waals surface area contributed by atoms with E-state index in [1.54, 1.807) is 25.7 Å². The first kappa shape index (κ1) is 37.3. The molecule has 0 bridgehead atoms. The van der Waals surface area contributed by atoms with Gasteiger partial charge in [-0.2, -0.15) is 0 Å². The molecule has 4 N–H and O–H groups in total. The van der Waals surface area contributed by atoms with E-state index in [2.05, 4.69) is 35.1 Å². The van der Waals surface area contributed by atoms with Crippen LogP contribution in [0.3, 0.4) is 0 Å². The smallest absolute Gasteiger partial charge is 0.408 e. The van der Waals surface area contributed by atoms with Gasteiger partial charge in [-0.15, -0.1) is 0 Å². The molecule has 2 saturated carbocycles. The lowest BCUT2D eigenvalue weighted by atomic mass is 9.83. The molecule has 0 radical (unpaired) electrons. The Kier molecular flexibility index (Phi) is 11.9. The molecule has 0 aromatic rings. The van der Waals surface area contributed by atoms with Crippen molar-refractivity contribution in [3.05, 3.63) is 0 Å².